The first-order valence-corrected chi connectivity index (χ1v) is 10.4. The summed E-state index contributed by atoms with van der Waals surface area (Å²) in [5.41, 5.74) is 0.146. The van der Waals surface area contributed by atoms with E-state index in [0.29, 0.717) is 34.9 Å². The van der Waals surface area contributed by atoms with E-state index in [0.717, 1.165) is 19.3 Å². The van der Waals surface area contributed by atoms with Crippen LogP contribution in [0.25, 0.3) is 0 Å². The van der Waals surface area contributed by atoms with Gasteiger partial charge in [-0.25, -0.2) is 4.39 Å². The minimum Gasteiger partial charge on any atom is -0.497 e. The average molecular weight is 429 g/mol. The molecular formula is C23H22ClFN2O3. The van der Waals surface area contributed by atoms with E-state index < -0.39 is 17.3 Å². The Bertz CT molecular complexity index is 1010. The quantitative estimate of drug-likeness (QED) is 0.650. The number of hydrogen-bond donors (Lipinski definition) is 0. The molecule has 30 heavy (non-hydrogen) atoms. The molecule has 5 nitrogen and oxygen atoms in total. The second kappa shape index (κ2) is 8.19. The van der Waals surface area contributed by atoms with Crippen molar-refractivity contribution in [3.05, 3.63) is 64.4 Å². The lowest BCUT2D eigenvalue weighted by Gasteiger charge is -2.38. The number of methoxy groups -OCH3 is 1. The van der Waals surface area contributed by atoms with Gasteiger partial charge in [-0.1, -0.05) is 30.2 Å². The Morgan fingerprint density at radius 3 is 2.53 bits per heavy atom. The Balaban J connectivity index is 1.67. The summed E-state index contributed by atoms with van der Waals surface area (Å²) in [4.78, 5) is 32.7. The highest BCUT2D eigenvalue weighted by molar-refractivity contribution is 6.47. The predicted molar refractivity (Wildman–Crippen MR) is 113 cm³/mol. The summed E-state index contributed by atoms with van der Waals surface area (Å²) in [5, 5.41) is 0.567. The van der Waals surface area contributed by atoms with Crippen LogP contribution in [-0.4, -0.2) is 41.6 Å². The smallest absolute Gasteiger partial charge is 0.275 e. The SMILES string of the molecule is COc1ccc(F)c(C(=O)CN2C(=O)C(c3ccc(Cl)cc3)=NC23CCCCC3)c1. The van der Waals surface area contributed by atoms with Gasteiger partial charge in [0.2, 0.25) is 0 Å². The highest BCUT2D eigenvalue weighted by Crippen LogP contribution is 2.40. The number of ether oxygens (including phenoxy) is 1. The molecule has 2 aliphatic rings. The molecule has 0 unspecified atom stereocenters. The largest absolute Gasteiger partial charge is 0.497 e. The summed E-state index contributed by atoms with van der Waals surface area (Å²) < 4.78 is 19.4. The number of amides is 1. The monoisotopic (exact) mass is 428 g/mol. The molecule has 2 aromatic rings. The first-order valence-electron chi connectivity index (χ1n) is 9.98. The molecule has 1 aliphatic carbocycles. The maximum Gasteiger partial charge on any atom is 0.275 e. The fourth-order valence-electron chi connectivity index (χ4n) is 4.22. The number of rotatable bonds is 5. The van der Waals surface area contributed by atoms with Gasteiger partial charge in [0.1, 0.15) is 22.9 Å². The van der Waals surface area contributed by atoms with Gasteiger partial charge in [0.05, 0.1) is 19.2 Å². The molecule has 1 spiro atoms. The molecule has 0 aromatic heterocycles. The molecule has 4 rings (SSSR count). The van der Waals surface area contributed by atoms with Gasteiger partial charge < -0.3 is 9.64 Å². The van der Waals surface area contributed by atoms with E-state index in [9.17, 15) is 14.0 Å². The third-order valence-corrected chi connectivity index (χ3v) is 6.07. The molecule has 1 heterocycles. The van der Waals surface area contributed by atoms with E-state index in [2.05, 4.69) is 0 Å². The van der Waals surface area contributed by atoms with Crippen LogP contribution < -0.4 is 4.74 Å². The van der Waals surface area contributed by atoms with Gasteiger partial charge in [-0.05, 0) is 56.0 Å². The summed E-state index contributed by atoms with van der Waals surface area (Å²) in [6, 6.07) is 10.9. The van der Waals surface area contributed by atoms with E-state index in [1.165, 1.54) is 30.2 Å². The molecule has 1 amide bonds. The Hall–Kier alpha value is -2.73. The lowest BCUT2D eigenvalue weighted by molar-refractivity contribution is -0.128. The van der Waals surface area contributed by atoms with Crippen molar-refractivity contribution in [3.63, 3.8) is 0 Å². The highest BCUT2D eigenvalue weighted by Gasteiger charge is 2.48. The number of nitrogens with zero attached hydrogens (tertiary/aromatic N) is 2. The van der Waals surface area contributed by atoms with E-state index >= 15 is 0 Å². The van der Waals surface area contributed by atoms with Crippen molar-refractivity contribution in [3.8, 4) is 5.75 Å². The number of carbonyl (C=O) groups is 2. The van der Waals surface area contributed by atoms with Crippen LogP contribution in [0.1, 0.15) is 48.0 Å². The molecule has 1 saturated carbocycles. The van der Waals surface area contributed by atoms with Crippen molar-refractivity contribution in [2.24, 2.45) is 4.99 Å². The van der Waals surface area contributed by atoms with E-state index in [1.807, 2.05) is 0 Å². The lowest BCUT2D eigenvalue weighted by atomic mass is 9.88. The first-order chi connectivity index (χ1) is 14.4. The van der Waals surface area contributed by atoms with E-state index in [-0.39, 0.29) is 18.0 Å². The van der Waals surface area contributed by atoms with Gasteiger partial charge in [-0.2, -0.15) is 0 Å². The summed E-state index contributed by atoms with van der Waals surface area (Å²) in [5.74, 6) is -1.03. The van der Waals surface area contributed by atoms with Gasteiger partial charge in [0.15, 0.2) is 5.78 Å². The second-order valence-electron chi connectivity index (χ2n) is 7.67. The zero-order valence-corrected chi connectivity index (χ0v) is 17.4. The number of Topliss-reactive ketones (excluding diaryl/α,β-unsaturated/α-hetero) is 1. The topological polar surface area (TPSA) is 59.0 Å². The molecule has 7 heteroatoms. The number of hydrogen-bond acceptors (Lipinski definition) is 4. The van der Waals surface area contributed by atoms with Crippen LogP contribution >= 0.6 is 11.6 Å². The van der Waals surface area contributed by atoms with Crippen LogP contribution in [0, 0.1) is 5.82 Å². The summed E-state index contributed by atoms with van der Waals surface area (Å²) in [7, 11) is 1.45. The van der Waals surface area contributed by atoms with Crippen molar-refractivity contribution in [1.82, 2.24) is 4.90 Å². The molecular weight excluding hydrogens is 407 g/mol. The maximum atomic E-state index is 14.3. The van der Waals surface area contributed by atoms with Crippen molar-refractivity contribution < 1.29 is 18.7 Å². The van der Waals surface area contributed by atoms with Crippen molar-refractivity contribution in [2.75, 3.05) is 13.7 Å². The van der Waals surface area contributed by atoms with Crippen LogP contribution in [0.3, 0.4) is 0 Å². The number of halogens is 2. The van der Waals surface area contributed by atoms with Crippen LogP contribution in [0.5, 0.6) is 5.75 Å². The summed E-state index contributed by atoms with van der Waals surface area (Å²) in [6.45, 7) is -0.233. The third-order valence-electron chi connectivity index (χ3n) is 5.82. The Morgan fingerprint density at radius 1 is 1.17 bits per heavy atom. The van der Waals surface area contributed by atoms with Crippen LogP contribution in [0.15, 0.2) is 47.5 Å². The molecule has 156 valence electrons. The fourth-order valence-corrected chi connectivity index (χ4v) is 4.35. The second-order valence-corrected chi connectivity index (χ2v) is 8.11. The zero-order chi connectivity index (χ0) is 21.3. The van der Waals surface area contributed by atoms with E-state index in [1.54, 1.807) is 24.3 Å². The van der Waals surface area contributed by atoms with Crippen LogP contribution in [-0.2, 0) is 4.79 Å². The third kappa shape index (κ3) is 3.72. The molecule has 0 N–H and O–H groups in total. The number of aliphatic imine (C=N–C) groups is 1. The zero-order valence-electron chi connectivity index (χ0n) is 16.7. The van der Waals surface area contributed by atoms with Crippen molar-refractivity contribution in [2.45, 2.75) is 37.8 Å². The summed E-state index contributed by atoms with van der Waals surface area (Å²) >= 11 is 5.98. The molecule has 1 fully saturated rings. The van der Waals surface area contributed by atoms with Gasteiger partial charge in [-0.3, -0.25) is 14.6 Å². The summed E-state index contributed by atoms with van der Waals surface area (Å²) in [6.07, 6.45) is 4.27. The number of carbonyl (C=O) groups excluding carboxylic acids is 2. The van der Waals surface area contributed by atoms with Gasteiger partial charge in [-0.15, -0.1) is 0 Å². The van der Waals surface area contributed by atoms with Gasteiger partial charge in [0.25, 0.3) is 5.91 Å². The predicted octanol–water partition coefficient (Wildman–Crippen LogP) is 4.66. The number of ketones is 1. The molecule has 0 atom stereocenters. The maximum absolute atomic E-state index is 14.3. The molecule has 0 saturated heterocycles. The van der Waals surface area contributed by atoms with Gasteiger partial charge >= 0.3 is 0 Å². The molecule has 1 aliphatic heterocycles. The standard InChI is InChI=1S/C23H22ClFN2O3/c1-30-17-9-10-19(25)18(13-17)20(28)14-27-22(29)21(15-5-7-16(24)8-6-15)26-23(27)11-3-2-4-12-23/h5-10,13H,2-4,11-12,14H2,1H3. The Labute approximate surface area is 179 Å². The molecule has 0 bridgehead atoms. The van der Waals surface area contributed by atoms with Gasteiger partial charge in [0, 0.05) is 10.6 Å². The minimum atomic E-state index is -0.755. The Morgan fingerprint density at radius 2 is 1.87 bits per heavy atom. The average Bonchev–Trinajstić information content (AvgIpc) is 3.01. The molecule has 2 aromatic carbocycles. The van der Waals surface area contributed by atoms with E-state index in [4.69, 9.17) is 21.3 Å². The van der Waals surface area contributed by atoms with Crippen LogP contribution in [0.2, 0.25) is 5.02 Å². The fraction of sp³-hybridized carbons (Fsp3) is 0.348. The van der Waals surface area contributed by atoms with Crippen LogP contribution in [0.4, 0.5) is 4.39 Å². The number of benzene rings is 2. The van der Waals surface area contributed by atoms with Crippen molar-refractivity contribution >= 4 is 29.0 Å². The Kier molecular flexibility index (Phi) is 5.60. The van der Waals surface area contributed by atoms with Crippen molar-refractivity contribution in [1.29, 1.82) is 0 Å². The molecule has 0 radical (unpaired) electrons. The minimum absolute atomic E-state index is 0.0898. The first kappa shape index (κ1) is 20.5. The normalized spacial score (nSPS) is 17.9. The highest BCUT2D eigenvalue weighted by atomic mass is 35.5. The lowest BCUT2D eigenvalue weighted by Crippen LogP contribution is -2.50.